The third kappa shape index (κ3) is 3.81. The summed E-state index contributed by atoms with van der Waals surface area (Å²) in [7, 11) is 3.04. The van der Waals surface area contributed by atoms with Crippen molar-refractivity contribution >= 4 is 23.8 Å². The smallest absolute Gasteiger partial charge is 0.255 e. The molecule has 0 saturated carbocycles. The molecule has 0 fully saturated rings. The van der Waals surface area contributed by atoms with E-state index in [9.17, 15) is 4.79 Å². The number of hydrogen-bond donors (Lipinski definition) is 2. The summed E-state index contributed by atoms with van der Waals surface area (Å²) in [5, 5.41) is 4.44. The van der Waals surface area contributed by atoms with Gasteiger partial charge < -0.3 is 9.47 Å². The zero-order chi connectivity index (χ0) is 17.0. The zero-order valence-electron chi connectivity index (χ0n) is 13.2. The van der Waals surface area contributed by atoms with Crippen molar-refractivity contribution in [2.45, 2.75) is 13.8 Å². The lowest BCUT2D eigenvalue weighted by molar-refractivity contribution is 0.355. The fourth-order valence-corrected chi connectivity index (χ4v) is 2.17. The number of aromatic nitrogens is 2. The molecule has 8 heteroatoms. The number of nitrogens with zero attached hydrogens (tertiary/aromatic N) is 2. The first kappa shape index (κ1) is 16.8. The van der Waals surface area contributed by atoms with Gasteiger partial charge in [-0.05, 0) is 31.5 Å². The molecule has 1 aromatic heterocycles. The van der Waals surface area contributed by atoms with Crippen molar-refractivity contribution in [2.24, 2.45) is 5.10 Å². The maximum absolute atomic E-state index is 11.7. The van der Waals surface area contributed by atoms with E-state index in [0.717, 1.165) is 0 Å². The number of rotatable bonds is 5. The molecule has 23 heavy (non-hydrogen) atoms. The summed E-state index contributed by atoms with van der Waals surface area (Å²) in [6.07, 6.45) is 1.53. The highest BCUT2D eigenvalue weighted by Crippen LogP contribution is 2.35. The summed E-state index contributed by atoms with van der Waals surface area (Å²) in [5.74, 6) is 1.22. The van der Waals surface area contributed by atoms with Crippen LogP contribution in [0, 0.1) is 13.8 Å². The molecule has 0 aliphatic rings. The number of ether oxygens (including phenoxy) is 2. The maximum Gasteiger partial charge on any atom is 0.255 e. The fourth-order valence-electron chi connectivity index (χ4n) is 1.88. The van der Waals surface area contributed by atoms with E-state index >= 15 is 0 Å². The first-order chi connectivity index (χ1) is 11.0. The average molecular weight is 337 g/mol. The van der Waals surface area contributed by atoms with Crippen molar-refractivity contribution in [3.63, 3.8) is 0 Å². The molecule has 1 aromatic carbocycles. The van der Waals surface area contributed by atoms with Gasteiger partial charge in [0.15, 0.2) is 11.5 Å². The van der Waals surface area contributed by atoms with E-state index in [2.05, 4.69) is 20.5 Å². The minimum absolute atomic E-state index is 0.204. The van der Waals surface area contributed by atoms with E-state index in [4.69, 9.17) is 21.1 Å². The average Bonchev–Trinajstić information content (AvgIpc) is 2.51. The monoisotopic (exact) mass is 336 g/mol. The molecule has 1 heterocycles. The van der Waals surface area contributed by atoms with Crippen LogP contribution in [0.4, 0.5) is 5.95 Å². The number of H-pyrrole nitrogens is 1. The minimum Gasteiger partial charge on any atom is -0.493 e. The van der Waals surface area contributed by atoms with Crippen LogP contribution < -0.4 is 20.5 Å². The zero-order valence-corrected chi connectivity index (χ0v) is 14.0. The molecule has 2 N–H and O–H groups in total. The second kappa shape index (κ2) is 7.15. The molecule has 0 saturated heterocycles. The topological polar surface area (TPSA) is 88.6 Å². The van der Waals surface area contributed by atoms with Crippen LogP contribution in [0.3, 0.4) is 0 Å². The van der Waals surface area contributed by atoms with Gasteiger partial charge in [0.25, 0.3) is 5.56 Å². The molecule has 0 atom stereocenters. The first-order valence-electron chi connectivity index (χ1n) is 6.74. The number of nitrogens with one attached hydrogen (secondary N) is 2. The highest BCUT2D eigenvalue weighted by molar-refractivity contribution is 6.32. The Balaban J connectivity index is 2.21. The Morgan fingerprint density at radius 1 is 1.30 bits per heavy atom. The number of aromatic amines is 1. The second-order valence-corrected chi connectivity index (χ2v) is 5.14. The largest absolute Gasteiger partial charge is 0.493 e. The number of methoxy groups -OCH3 is 2. The third-order valence-electron chi connectivity index (χ3n) is 3.23. The van der Waals surface area contributed by atoms with E-state index in [0.29, 0.717) is 33.3 Å². The van der Waals surface area contributed by atoms with Crippen LogP contribution in [0.2, 0.25) is 5.02 Å². The van der Waals surface area contributed by atoms with Gasteiger partial charge in [0.2, 0.25) is 5.95 Å². The Morgan fingerprint density at radius 3 is 2.65 bits per heavy atom. The summed E-state index contributed by atoms with van der Waals surface area (Å²) < 4.78 is 10.4. The lowest BCUT2D eigenvalue weighted by Gasteiger charge is -2.10. The van der Waals surface area contributed by atoms with E-state index in [1.165, 1.54) is 20.4 Å². The van der Waals surface area contributed by atoms with Gasteiger partial charge >= 0.3 is 0 Å². The van der Waals surface area contributed by atoms with Crippen molar-refractivity contribution in [3.8, 4) is 11.5 Å². The standard InChI is InChI=1S/C15H17ClN4O3/c1-8-9(2)18-15(19-14(8)21)20-17-7-10-5-11(16)13(23-4)12(6-10)22-3/h5-7H,1-4H3,(H2,18,19,20,21)/b17-7-. The van der Waals surface area contributed by atoms with E-state index in [1.807, 2.05) is 0 Å². The van der Waals surface area contributed by atoms with Crippen LogP contribution in [0.25, 0.3) is 0 Å². The molecule has 0 amide bonds. The second-order valence-electron chi connectivity index (χ2n) is 4.73. The van der Waals surface area contributed by atoms with Crippen molar-refractivity contribution in [1.82, 2.24) is 9.97 Å². The molecular weight excluding hydrogens is 320 g/mol. The molecule has 0 spiro atoms. The molecule has 0 bridgehead atoms. The molecular formula is C15H17ClN4O3. The van der Waals surface area contributed by atoms with Crippen LogP contribution in [0.5, 0.6) is 11.5 Å². The quantitative estimate of drug-likeness (QED) is 0.647. The highest BCUT2D eigenvalue weighted by atomic mass is 35.5. The van der Waals surface area contributed by atoms with Crippen LogP contribution in [-0.4, -0.2) is 30.4 Å². The van der Waals surface area contributed by atoms with Crippen LogP contribution in [0.1, 0.15) is 16.8 Å². The molecule has 0 radical (unpaired) electrons. The van der Waals surface area contributed by atoms with Gasteiger partial charge in [-0.15, -0.1) is 0 Å². The Labute approximate surface area is 138 Å². The lowest BCUT2D eigenvalue weighted by atomic mass is 10.2. The molecule has 0 aliphatic carbocycles. The Hall–Kier alpha value is -2.54. The van der Waals surface area contributed by atoms with E-state index < -0.39 is 0 Å². The summed E-state index contributed by atoms with van der Waals surface area (Å²) in [5.41, 5.74) is 4.39. The number of hydrazone groups is 1. The molecule has 2 aromatic rings. The fraction of sp³-hybridized carbons (Fsp3) is 0.267. The van der Waals surface area contributed by atoms with Gasteiger partial charge in [-0.3, -0.25) is 9.78 Å². The van der Waals surface area contributed by atoms with E-state index in [1.54, 1.807) is 26.0 Å². The van der Waals surface area contributed by atoms with Crippen LogP contribution in [-0.2, 0) is 0 Å². The third-order valence-corrected chi connectivity index (χ3v) is 3.52. The number of halogens is 1. The predicted molar refractivity (Wildman–Crippen MR) is 90.1 cm³/mol. The van der Waals surface area contributed by atoms with Gasteiger partial charge in [-0.25, -0.2) is 10.4 Å². The summed E-state index contributed by atoms with van der Waals surface area (Å²) in [6.45, 7) is 3.47. The predicted octanol–water partition coefficient (Wildman–Crippen LogP) is 2.50. The van der Waals surface area contributed by atoms with Crippen LogP contribution in [0.15, 0.2) is 22.0 Å². The molecule has 7 nitrogen and oxygen atoms in total. The molecule has 0 unspecified atom stereocenters. The first-order valence-corrected chi connectivity index (χ1v) is 7.12. The van der Waals surface area contributed by atoms with E-state index in [-0.39, 0.29) is 11.5 Å². The van der Waals surface area contributed by atoms with Gasteiger partial charge in [0.05, 0.1) is 25.5 Å². The summed E-state index contributed by atoms with van der Waals surface area (Å²) in [4.78, 5) is 18.4. The number of hydrogen-bond acceptors (Lipinski definition) is 6. The SMILES string of the molecule is COc1cc(/C=N\Nc2nc(C)c(C)c(=O)[nH]2)cc(Cl)c1OC. The minimum atomic E-state index is -0.204. The van der Waals surface area contributed by atoms with Gasteiger partial charge in [0, 0.05) is 11.3 Å². The number of aryl methyl sites for hydroxylation is 1. The maximum atomic E-state index is 11.7. The van der Waals surface area contributed by atoms with Gasteiger partial charge in [-0.1, -0.05) is 11.6 Å². The number of anilines is 1. The highest BCUT2D eigenvalue weighted by Gasteiger charge is 2.10. The normalized spacial score (nSPS) is 10.8. The molecule has 2 rings (SSSR count). The van der Waals surface area contributed by atoms with Crippen molar-refractivity contribution < 1.29 is 9.47 Å². The van der Waals surface area contributed by atoms with Crippen molar-refractivity contribution in [2.75, 3.05) is 19.6 Å². The Morgan fingerprint density at radius 2 is 2.04 bits per heavy atom. The van der Waals surface area contributed by atoms with Crippen molar-refractivity contribution in [1.29, 1.82) is 0 Å². The summed E-state index contributed by atoms with van der Waals surface area (Å²) >= 11 is 6.12. The summed E-state index contributed by atoms with van der Waals surface area (Å²) in [6, 6.07) is 3.41. The Kier molecular flexibility index (Phi) is 5.23. The molecule has 122 valence electrons. The number of benzene rings is 1. The van der Waals surface area contributed by atoms with Gasteiger partial charge in [0.1, 0.15) is 0 Å². The van der Waals surface area contributed by atoms with Crippen molar-refractivity contribution in [3.05, 3.63) is 44.3 Å². The molecule has 0 aliphatic heterocycles. The van der Waals surface area contributed by atoms with Gasteiger partial charge in [-0.2, -0.15) is 5.10 Å². The lowest BCUT2D eigenvalue weighted by Crippen LogP contribution is -2.15. The Bertz CT molecular complexity index is 802. The van der Waals surface area contributed by atoms with Crippen LogP contribution >= 0.6 is 11.6 Å².